The fraction of sp³-hybridized carbons (Fsp3) is 0.111. The molecular formula is C18H16FN5O3S. The number of anilines is 2. The molecule has 0 spiro atoms. The van der Waals surface area contributed by atoms with Gasteiger partial charge in [0.05, 0.1) is 17.6 Å². The third-order valence-corrected chi connectivity index (χ3v) is 4.99. The van der Waals surface area contributed by atoms with E-state index in [4.69, 9.17) is 15.7 Å². The van der Waals surface area contributed by atoms with E-state index in [0.29, 0.717) is 11.4 Å². The van der Waals surface area contributed by atoms with Crippen LogP contribution in [0.3, 0.4) is 0 Å². The lowest BCUT2D eigenvalue weighted by Crippen LogP contribution is -2.22. The number of ether oxygens (including phenoxy) is 1. The van der Waals surface area contributed by atoms with Gasteiger partial charge in [-0.05, 0) is 36.4 Å². The van der Waals surface area contributed by atoms with Crippen molar-refractivity contribution in [1.29, 1.82) is 5.26 Å². The van der Waals surface area contributed by atoms with E-state index in [9.17, 15) is 12.8 Å². The Balaban J connectivity index is 1.73. The zero-order valence-electron chi connectivity index (χ0n) is 14.5. The second-order valence-electron chi connectivity index (χ2n) is 5.71. The topological polar surface area (TPSA) is 123 Å². The van der Waals surface area contributed by atoms with Crippen molar-refractivity contribution in [3.05, 3.63) is 66.1 Å². The first-order chi connectivity index (χ1) is 13.4. The molecule has 0 saturated carbocycles. The standard InChI is InChI=1S/C18H16FN5O3S/c19-14-5-7-15(8-6-14)27-9-10-28(25,26)23-16-3-1-2-4-17(16)24-18(21)13(11-20)12-22-24/h1-8,12,23H,9-10,21H2. The minimum atomic E-state index is -3.75. The lowest BCUT2D eigenvalue weighted by atomic mass is 10.2. The highest BCUT2D eigenvalue weighted by molar-refractivity contribution is 7.92. The fourth-order valence-corrected chi connectivity index (χ4v) is 3.31. The zero-order valence-corrected chi connectivity index (χ0v) is 15.4. The Hall–Kier alpha value is -3.58. The van der Waals surface area contributed by atoms with Crippen LogP contribution in [-0.4, -0.2) is 30.6 Å². The Labute approximate surface area is 161 Å². The molecule has 0 fully saturated rings. The maximum Gasteiger partial charge on any atom is 0.236 e. The van der Waals surface area contributed by atoms with E-state index in [-0.39, 0.29) is 29.4 Å². The van der Waals surface area contributed by atoms with Crippen LogP contribution in [-0.2, 0) is 10.0 Å². The lowest BCUT2D eigenvalue weighted by Gasteiger charge is -2.14. The zero-order chi connectivity index (χ0) is 20.1. The van der Waals surface area contributed by atoms with E-state index < -0.39 is 15.8 Å². The minimum absolute atomic E-state index is 0.105. The SMILES string of the molecule is N#Cc1cnn(-c2ccccc2NS(=O)(=O)CCOc2ccc(F)cc2)c1N. The van der Waals surface area contributed by atoms with Crippen molar-refractivity contribution in [1.82, 2.24) is 9.78 Å². The van der Waals surface area contributed by atoms with Crippen molar-refractivity contribution >= 4 is 21.5 Å². The van der Waals surface area contributed by atoms with E-state index in [2.05, 4.69) is 9.82 Å². The average Bonchev–Trinajstić information content (AvgIpc) is 3.04. The first-order valence-corrected chi connectivity index (χ1v) is 9.77. The Bertz CT molecular complexity index is 1120. The molecule has 0 amide bonds. The number of halogens is 1. The first kappa shape index (κ1) is 19.2. The summed E-state index contributed by atoms with van der Waals surface area (Å²) in [7, 11) is -3.75. The third-order valence-electron chi connectivity index (χ3n) is 3.76. The van der Waals surface area contributed by atoms with Crippen LogP contribution in [0.4, 0.5) is 15.9 Å². The Morgan fingerprint density at radius 2 is 1.93 bits per heavy atom. The predicted octanol–water partition coefficient (Wildman–Crippen LogP) is 2.29. The van der Waals surface area contributed by atoms with Crippen molar-refractivity contribution in [3.63, 3.8) is 0 Å². The van der Waals surface area contributed by atoms with Crippen molar-refractivity contribution in [3.8, 4) is 17.5 Å². The fourth-order valence-electron chi connectivity index (χ4n) is 2.40. The normalized spacial score (nSPS) is 11.0. The Morgan fingerprint density at radius 1 is 1.21 bits per heavy atom. The summed E-state index contributed by atoms with van der Waals surface area (Å²) in [6.45, 7) is -0.119. The Kier molecular flexibility index (Phi) is 5.47. The number of rotatable bonds is 7. The monoisotopic (exact) mass is 401 g/mol. The van der Waals surface area contributed by atoms with Crippen LogP contribution in [0.15, 0.2) is 54.7 Å². The summed E-state index contributed by atoms with van der Waals surface area (Å²) in [5.74, 6) is -0.258. The van der Waals surface area contributed by atoms with Crippen molar-refractivity contribution in [2.45, 2.75) is 0 Å². The van der Waals surface area contributed by atoms with Gasteiger partial charge in [-0.15, -0.1) is 0 Å². The van der Waals surface area contributed by atoms with Crippen LogP contribution in [0.5, 0.6) is 5.75 Å². The summed E-state index contributed by atoms with van der Waals surface area (Å²) in [6, 6.07) is 13.7. The summed E-state index contributed by atoms with van der Waals surface area (Å²) < 4.78 is 46.8. The van der Waals surface area contributed by atoms with Gasteiger partial charge in [0.25, 0.3) is 0 Å². The van der Waals surface area contributed by atoms with Crippen LogP contribution in [0.25, 0.3) is 5.69 Å². The van der Waals surface area contributed by atoms with Crippen molar-refractivity contribution in [2.24, 2.45) is 0 Å². The quantitative estimate of drug-likeness (QED) is 0.626. The molecule has 3 N–H and O–H groups in total. The van der Waals surface area contributed by atoms with E-state index >= 15 is 0 Å². The number of nitrogen functional groups attached to an aromatic ring is 1. The molecule has 28 heavy (non-hydrogen) atoms. The summed E-state index contributed by atoms with van der Waals surface area (Å²) in [4.78, 5) is 0. The first-order valence-electron chi connectivity index (χ1n) is 8.11. The molecule has 0 aliphatic rings. The molecule has 10 heteroatoms. The van der Waals surface area contributed by atoms with Gasteiger partial charge in [-0.25, -0.2) is 17.5 Å². The number of hydrogen-bond donors (Lipinski definition) is 2. The summed E-state index contributed by atoms with van der Waals surface area (Å²) in [5.41, 5.74) is 6.71. The van der Waals surface area contributed by atoms with Crippen LogP contribution in [0.2, 0.25) is 0 Å². The minimum Gasteiger partial charge on any atom is -0.492 e. The van der Waals surface area contributed by atoms with Gasteiger partial charge in [-0.2, -0.15) is 10.4 Å². The van der Waals surface area contributed by atoms with Crippen molar-refractivity contribution in [2.75, 3.05) is 22.8 Å². The highest BCUT2D eigenvalue weighted by Gasteiger charge is 2.17. The second-order valence-corrected chi connectivity index (χ2v) is 7.55. The largest absolute Gasteiger partial charge is 0.492 e. The maximum atomic E-state index is 12.9. The number of nitrogens with zero attached hydrogens (tertiary/aromatic N) is 3. The molecule has 1 heterocycles. The molecule has 2 aromatic carbocycles. The molecular weight excluding hydrogens is 385 g/mol. The van der Waals surface area contributed by atoms with Crippen LogP contribution in [0.1, 0.15) is 5.56 Å². The summed E-state index contributed by atoms with van der Waals surface area (Å²) >= 11 is 0. The van der Waals surface area contributed by atoms with Gasteiger partial charge in [-0.3, -0.25) is 4.72 Å². The molecule has 0 unspecified atom stereocenters. The van der Waals surface area contributed by atoms with E-state index in [1.165, 1.54) is 35.1 Å². The maximum absolute atomic E-state index is 12.9. The molecule has 0 aliphatic heterocycles. The Morgan fingerprint density at radius 3 is 2.61 bits per heavy atom. The number of nitrogens with one attached hydrogen (secondary N) is 1. The number of para-hydroxylation sites is 2. The molecule has 3 aromatic rings. The van der Waals surface area contributed by atoms with Gasteiger partial charge in [0.15, 0.2) is 0 Å². The van der Waals surface area contributed by atoms with Gasteiger partial charge in [0.1, 0.15) is 41.4 Å². The summed E-state index contributed by atoms with van der Waals surface area (Å²) in [6.07, 6.45) is 1.30. The van der Waals surface area contributed by atoms with Crippen LogP contribution < -0.4 is 15.2 Å². The number of aromatic nitrogens is 2. The van der Waals surface area contributed by atoms with Gasteiger partial charge < -0.3 is 10.5 Å². The molecule has 0 radical (unpaired) electrons. The predicted molar refractivity (Wildman–Crippen MR) is 102 cm³/mol. The molecule has 0 saturated heterocycles. The van der Waals surface area contributed by atoms with Crippen LogP contribution in [0, 0.1) is 17.1 Å². The third kappa shape index (κ3) is 4.39. The van der Waals surface area contributed by atoms with E-state index in [1.54, 1.807) is 24.3 Å². The molecule has 1 aromatic heterocycles. The number of benzene rings is 2. The molecule has 8 nitrogen and oxygen atoms in total. The van der Waals surface area contributed by atoms with Gasteiger partial charge in [0, 0.05) is 0 Å². The summed E-state index contributed by atoms with van der Waals surface area (Å²) in [5, 5.41) is 13.0. The number of sulfonamides is 1. The molecule has 3 rings (SSSR count). The molecule has 0 bridgehead atoms. The van der Waals surface area contributed by atoms with Gasteiger partial charge in [0.2, 0.25) is 10.0 Å². The highest BCUT2D eigenvalue weighted by Crippen LogP contribution is 2.24. The molecule has 0 aliphatic carbocycles. The van der Waals surface area contributed by atoms with E-state index in [0.717, 1.165) is 0 Å². The average molecular weight is 401 g/mol. The smallest absolute Gasteiger partial charge is 0.236 e. The molecule has 144 valence electrons. The number of hydrogen-bond acceptors (Lipinski definition) is 6. The molecule has 0 atom stereocenters. The number of nitrogens with two attached hydrogens (primary N) is 1. The lowest BCUT2D eigenvalue weighted by molar-refractivity contribution is 0.340. The van der Waals surface area contributed by atoms with Crippen molar-refractivity contribution < 1.29 is 17.5 Å². The highest BCUT2D eigenvalue weighted by atomic mass is 32.2. The number of nitriles is 1. The van der Waals surface area contributed by atoms with Gasteiger partial charge in [-0.1, -0.05) is 12.1 Å². The van der Waals surface area contributed by atoms with Crippen LogP contribution >= 0.6 is 0 Å². The second kappa shape index (κ2) is 7.98. The van der Waals surface area contributed by atoms with E-state index in [1.807, 2.05) is 6.07 Å². The van der Waals surface area contributed by atoms with Gasteiger partial charge >= 0.3 is 0 Å².